The number of Topliss-reactive ketones (excluding diaryl/α,β-unsaturated/α-hetero) is 1. The van der Waals surface area contributed by atoms with Gasteiger partial charge in [-0.1, -0.05) is 18.7 Å². The van der Waals surface area contributed by atoms with Crippen LogP contribution in [0.3, 0.4) is 0 Å². The van der Waals surface area contributed by atoms with Crippen LogP contribution < -0.4 is 10.3 Å². The summed E-state index contributed by atoms with van der Waals surface area (Å²) in [7, 11) is 1.61. The van der Waals surface area contributed by atoms with E-state index in [0.717, 1.165) is 41.2 Å². The number of hydrogen-bond acceptors (Lipinski definition) is 5. The van der Waals surface area contributed by atoms with Gasteiger partial charge in [0, 0.05) is 11.1 Å². The zero-order chi connectivity index (χ0) is 22.3. The summed E-state index contributed by atoms with van der Waals surface area (Å²) in [6.45, 7) is 2.04. The quantitative estimate of drug-likeness (QED) is 0.344. The van der Waals surface area contributed by atoms with Crippen molar-refractivity contribution in [2.75, 3.05) is 12.9 Å². The fraction of sp³-hybridized carbons (Fsp3) is 0.577. The van der Waals surface area contributed by atoms with Gasteiger partial charge in [0.1, 0.15) is 5.75 Å². The first-order chi connectivity index (χ1) is 15.5. The Kier molecular flexibility index (Phi) is 5.91. The van der Waals surface area contributed by atoms with E-state index in [4.69, 9.17) is 9.72 Å². The SMILES string of the molecule is CCc1c(CC23CC4CC(CC(C4)C2)C3)nc(SCC(=O)c2ccc(OC)cc2)[nH]c1=O. The van der Waals surface area contributed by atoms with Crippen LogP contribution in [0.1, 0.15) is 67.1 Å². The number of nitrogens with one attached hydrogen (secondary N) is 1. The van der Waals surface area contributed by atoms with E-state index in [-0.39, 0.29) is 17.1 Å². The van der Waals surface area contributed by atoms with Crippen molar-refractivity contribution < 1.29 is 9.53 Å². The van der Waals surface area contributed by atoms with E-state index in [1.807, 2.05) is 6.92 Å². The Morgan fingerprint density at radius 2 is 1.75 bits per heavy atom. The topological polar surface area (TPSA) is 72.0 Å². The van der Waals surface area contributed by atoms with Crippen LogP contribution in [0.4, 0.5) is 0 Å². The van der Waals surface area contributed by atoms with E-state index in [0.29, 0.717) is 22.6 Å². The molecule has 4 aliphatic carbocycles. The molecule has 0 spiro atoms. The average Bonchev–Trinajstić information content (AvgIpc) is 2.76. The summed E-state index contributed by atoms with van der Waals surface area (Å²) in [5.41, 5.74) is 2.73. The number of aromatic nitrogens is 2. The maximum Gasteiger partial charge on any atom is 0.254 e. The van der Waals surface area contributed by atoms with Crippen LogP contribution in [0.15, 0.2) is 34.2 Å². The van der Waals surface area contributed by atoms with Gasteiger partial charge < -0.3 is 9.72 Å². The standard InChI is InChI=1S/C26H32N2O3S/c1-3-21-22(14-26-11-16-8-17(12-26)10-18(9-16)13-26)27-25(28-24(21)30)32-15-23(29)19-4-6-20(31-2)7-5-19/h4-7,16-18H,3,8-15H2,1-2H3,(H,27,28,30). The second-order valence-corrected chi connectivity index (χ2v) is 11.1. The largest absolute Gasteiger partial charge is 0.497 e. The maximum absolute atomic E-state index is 12.9. The Morgan fingerprint density at radius 3 is 2.31 bits per heavy atom. The van der Waals surface area contributed by atoms with Crippen molar-refractivity contribution in [3.63, 3.8) is 0 Å². The fourth-order valence-electron chi connectivity index (χ4n) is 6.96. The van der Waals surface area contributed by atoms with Crippen molar-refractivity contribution in [1.82, 2.24) is 9.97 Å². The number of carbonyl (C=O) groups excluding carboxylic acids is 1. The fourth-order valence-corrected chi connectivity index (χ4v) is 7.73. The third kappa shape index (κ3) is 4.26. The molecule has 1 heterocycles. The molecular formula is C26H32N2O3S. The van der Waals surface area contributed by atoms with Crippen LogP contribution in [0.2, 0.25) is 0 Å². The lowest BCUT2D eigenvalue weighted by Crippen LogP contribution is -2.47. The molecule has 0 unspecified atom stereocenters. The highest BCUT2D eigenvalue weighted by molar-refractivity contribution is 7.99. The van der Waals surface area contributed by atoms with Crippen LogP contribution >= 0.6 is 11.8 Å². The van der Waals surface area contributed by atoms with Crippen LogP contribution in [0.5, 0.6) is 5.75 Å². The minimum atomic E-state index is -0.0402. The summed E-state index contributed by atoms with van der Waals surface area (Å²) < 4.78 is 5.16. The number of methoxy groups -OCH3 is 1. The first-order valence-electron chi connectivity index (χ1n) is 11.9. The molecule has 1 aromatic carbocycles. The van der Waals surface area contributed by atoms with Gasteiger partial charge in [-0.05, 0) is 98.8 Å². The molecule has 6 rings (SSSR count). The molecule has 0 atom stereocenters. The molecule has 0 saturated heterocycles. The van der Waals surface area contributed by atoms with Crippen molar-refractivity contribution in [2.24, 2.45) is 23.2 Å². The minimum absolute atomic E-state index is 0.0162. The van der Waals surface area contributed by atoms with Crippen LogP contribution in [-0.2, 0) is 12.8 Å². The van der Waals surface area contributed by atoms with Crippen LogP contribution in [0, 0.1) is 23.2 Å². The molecule has 6 heteroatoms. The molecule has 4 bridgehead atoms. The molecule has 0 amide bonds. The Hall–Kier alpha value is -2.08. The molecule has 170 valence electrons. The van der Waals surface area contributed by atoms with E-state index in [2.05, 4.69) is 4.98 Å². The molecule has 0 aliphatic heterocycles. The van der Waals surface area contributed by atoms with Gasteiger partial charge in [0.25, 0.3) is 5.56 Å². The van der Waals surface area contributed by atoms with Crippen molar-refractivity contribution in [3.8, 4) is 5.75 Å². The van der Waals surface area contributed by atoms with E-state index < -0.39 is 0 Å². The zero-order valence-electron chi connectivity index (χ0n) is 19.0. The highest BCUT2D eigenvalue weighted by Crippen LogP contribution is 2.61. The highest BCUT2D eigenvalue weighted by atomic mass is 32.2. The predicted octanol–water partition coefficient (Wildman–Crippen LogP) is 5.07. The lowest BCUT2D eigenvalue weighted by atomic mass is 9.48. The number of aromatic amines is 1. The highest BCUT2D eigenvalue weighted by Gasteiger charge is 2.51. The molecule has 4 aliphatic rings. The lowest BCUT2D eigenvalue weighted by molar-refractivity contribution is -0.0528. The van der Waals surface area contributed by atoms with Crippen molar-refractivity contribution in [2.45, 2.75) is 63.4 Å². The summed E-state index contributed by atoms with van der Waals surface area (Å²) in [4.78, 5) is 33.3. The first kappa shape index (κ1) is 21.7. The van der Waals surface area contributed by atoms with E-state index in [1.54, 1.807) is 31.4 Å². The van der Waals surface area contributed by atoms with Gasteiger partial charge in [0.15, 0.2) is 10.9 Å². The third-order valence-corrected chi connectivity index (χ3v) is 8.77. The van der Waals surface area contributed by atoms with Crippen molar-refractivity contribution in [1.29, 1.82) is 0 Å². The van der Waals surface area contributed by atoms with Gasteiger partial charge in [-0.2, -0.15) is 0 Å². The Balaban J connectivity index is 1.33. The first-order valence-corrected chi connectivity index (χ1v) is 12.9. The van der Waals surface area contributed by atoms with Gasteiger partial charge in [-0.15, -0.1) is 0 Å². The minimum Gasteiger partial charge on any atom is -0.497 e. The number of ether oxygens (including phenoxy) is 1. The van der Waals surface area contributed by atoms with Gasteiger partial charge in [0.2, 0.25) is 0 Å². The molecule has 0 radical (unpaired) electrons. The number of H-pyrrole nitrogens is 1. The Morgan fingerprint density at radius 1 is 1.12 bits per heavy atom. The maximum atomic E-state index is 12.9. The normalized spacial score (nSPS) is 28.1. The number of benzene rings is 1. The second kappa shape index (κ2) is 8.69. The predicted molar refractivity (Wildman–Crippen MR) is 127 cm³/mol. The molecule has 32 heavy (non-hydrogen) atoms. The lowest BCUT2D eigenvalue weighted by Gasteiger charge is -2.57. The molecule has 2 aromatic rings. The van der Waals surface area contributed by atoms with E-state index >= 15 is 0 Å². The summed E-state index contributed by atoms with van der Waals surface area (Å²) in [6.07, 6.45) is 9.76. The zero-order valence-corrected chi connectivity index (χ0v) is 19.8. The molecule has 4 saturated carbocycles. The Labute approximate surface area is 193 Å². The molecule has 1 aromatic heterocycles. The monoisotopic (exact) mass is 452 g/mol. The van der Waals surface area contributed by atoms with Gasteiger partial charge in [0.05, 0.1) is 18.6 Å². The Bertz CT molecular complexity index is 1020. The van der Waals surface area contributed by atoms with Gasteiger partial charge >= 0.3 is 0 Å². The molecule has 4 fully saturated rings. The molecule has 1 N–H and O–H groups in total. The van der Waals surface area contributed by atoms with Crippen molar-refractivity contribution >= 4 is 17.5 Å². The summed E-state index contributed by atoms with van der Waals surface area (Å²) in [6, 6.07) is 7.13. The molecular weight excluding hydrogens is 420 g/mol. The number of thioether (sulfide) groups is 1. The van der Waals surface area contributed by atoms with Crippen molar-refractivity contribution in [3.05, 3.63) is 51.4 Å². The van der Waals surface area contributed by atoms with Crippen LogP contribution in [0.25, 0.3) is 0 Å². The molecule has 5 nitrogen and oxygen atoms in total. The van der Waals surface area contributed by atoms with Gasteiger partial charge in [-0.25, -0.2) is 4.98 Å². The number of carbonyl (C=O) groups is 1. The van der Waals surface area contributed by atoms with E-state index in [1.165, 1.54) is 50.3 Å². The summed E-state index contributed by atoms with van der Waals surface area (Å²) >= 11 is 1.33. The summed E-state index contributed by atoms with van der Waals surface area (Å²) in [5, 5.41) is 0.564. The van der Waals surface area contributed by atoms with E-state index in [9.17, 15) is 9.59 Å². The van der Waals surface area contributed by atoms with Gasteiger partial charge in [-0.3, -0.25) is 9.59 Å². The van der Waals surface area contributed by atoms with Crippen LogP contribution in [-0.4, -0.2) is 28.6 Å². The average molecular weight is 453 g/mol. The number of hydrogen-bond donors (Lipinski definition) is 1. The third-order valence-electron chi connectivity index (χ3n) is 7.89. The second-order valence-electron chi connectivity index (χ2n) is 10.2. The summed E-state index contributed by atoms with van der Waals surface area (Å²) in [5.74, 6) is 3.63. The number of rotatable bonds is 8. The number of ketones is 1. The number of nitrogens with zero attached hydrogens (tertiary/aromatic N) is 1. The smallest absolute Gasteiger partial charge is 0.254 e.